The van der Waals surface area contributed by atoms with Gasteiger partial charge in [-0.15, -0.1) is 0 Å². The van der Waals surface area contributed by atoms with Crippen LogP contribution in [0.5, 0.6) is 0 Å². The minimum Gasteiger partial charge on any atom is -0.353 e. The number of hydrogen-bond donors (Lipinski definition) is 2. The summed E-state index contributed by atoms with van der Waals surface area (Å²) in [6.07, 6.45) is 3.98. The van der Waals surface area contributed by atoms with Crippen LogP contribution in [0.15, 0.2) is 0 Å². The minimum absolute atomic E-state index is 0.0385. The Hall–Kier alpha value is -0.570. The van der Waals surface area contributed by atoms with E-state index in [4.69, 9.17) is 5.73 Å². The molecule has 0 heterocycles. The predicted octanol–water partition coefficient (Wildman–Crippen LogP) is 1.66. The van der Waals surface area contributed by atoms with Gasteiger partial charge >= 0.3 is 0 Å². The number of amides is 1. The van der Waals surface area contributed by atoms with E-state index in [9.17, 15) is 4.79 Å². The second-order valence-electron chi connectivity index (χ2n) is 5.36. The number of carbonyl (C=O) groups is 1. The molecule has 3 heteroatoms. The normalized spacial score (nSPS) is 33.5. The third-order valence-electron chi connectivity index (χ3n) is 3.05. The second-order valence-corrected chi connectivity index (χ2v) is 5.36. The lowest BCUT2D eigenvalue weighted by Gasteiger charge is -2.32. The van der Waals surface area contributed by atoms with Gasteiger partial charge in [-0.3, -0.25) is 4.79 Å². The first kappa shape index (κ1) is 12.5. The summed E-state index contributed by atoms with van der Waals surface area (Å²) >= 11 is 0. The fourth-order valence-corrected chi connectivity index (χ4v) is 2.64. The highest BCUT2D eigenvalue weighted by atomic mass is 16.1. The number of carbonyl (C=O) groups excluding carboxylic acids is 1. The molecule has 3 N–H and O–H groups in total. The molecule has 0 aromatic heterocycles. The van der Waals surface area contributed by atoms with Crippen molar-refractivity contribution in [2.45, 2.75) is 58.5 Å². The van der Waals surface area contributed by atoms with E-state index in [0.29, 0.717) is 12.5 Å². The van der Waals surface area contributed by atoms with Crippen LogP contribution in [0.2, 0.25) is 0 Å². The van der Waals surface area contributed by atoms with E-state index < -0.39 is 0 Å². The molecule has 15 heavy (non-hydrogen) atoms. The maximum Gasteiger partial charge on any atom is 0.221 e. The average molecular weight is 212 g/mol. The molecule has 0 radical (unpaired) electrons. The van der Waals surface area contributed by atoms with Gasteiger partial charge in [0.25, 0.3) is 0 Å². The second kappa shape index (κ2) is 5.50. The lowest BCUT2D eigenvalue weighted by molar-refractivity contribution is -0.122. The summed E-state index contributed by atoms with van der Waals surface area (Å²) < 4.78 is 0. The average Bonchev–Trinajstić information content (AvgIpc) is 1.98. The molecule has 0 aliphatic heterocycles. The summed E-state index contributed by atoms with van der Waals surface area (Å²) in [6.45, 7) is 6.40. The van der Waals surface area contributed by atoms with E-state index in [0.717, 1.165) is 24.7 Å². The highest BCUT2D eigenvalue weighted by Gasteiger charge is 2.24. The highest BCUT2D eigenvalue weighted by molar-refractivity contribution is 5.76. The van der Waals surface area contributed by atoms with E-state index in [2.05, 4.69) is 19.2 Å². The summed E-state index contributed by atoms with van der Waals surface area (Å²) in [4.78, 5) is 11.5. The Balaban J connectivity index is 2.34. The van der Waals surface area contributed by atoms with Gasteiger partial charge in [-0.1, -0.05) is 13.8 Å². The van der Waals surface area contributed by atoms with Crippen molar-refractivity contribution in [1.29, 1.82) is 0 Å². The van der Waals surface area contributed by atoms with Gasteiger partial charge in [0, 0.05) is 18.5 Å². The summed E-state index contributed by atoms with van der Waals surface area (Å²) in [5.74, 6) is 1.57. The first-order valence-electron chi connectivity index (χ1n) is 6.02. The number of nitrogens with one attached hydrogen (secondary N) is 1. The Morgan fingerprint density at radius 1 is 1.33 bits per heavy atom. The van der Waals surface area contributed by atoms with Gasteiger partial charge in [-0.2, -0.15) is 0 Å². The van der Waals surface area contributed by atoms with Crippen LogP contribution in [0, 0.1) is 11.8 Å². The van der Waals surface area contributed by atoms with E-state index in [1.165, 1.54) is 6.42 Å². The van der Waals surface area contributed by atoms with Crippen LogP contribution in [-0.2, 0) is 4.79 Å². The van der Waals surface area contributed by atoms with Gasteiger partial charge in [0.1, 0.15) is 0 Å². The number of nitrogens with two attached hydrogens (primary N) is 1. The molecular formula is C12H24N2O. The maximum absolute atomic E-state index is 11.5. The lowest BCUT2D eigenvalue weighted by atomic mass is 9.80. The standard InChI is InChI=1S/C12H24N2O/c1-8-4-9(2)6-11(5-8)14-12(15)7-10(3)13/h8-11H,4-7,13H2,1-3H3,(H,14,15). The molecule has 88 valence electrons. The molecule has 0 aromatic carbocycles. The first-order valence-corrected chi connectivity index (χ1v) is 6.02. The molecule has 1 aliphatic carbocycles. The largest absolute Gasteiger partial charge is 0.353 e. The molecule has 1 aliphatic rings. The predicted molar refractivity (Wildman–Crippen MR) is 62.4 cm³/mol. The molecule has 0 bridgehead atoms. The van der Waals surface area contributed by atoms with Crippen LogP contribution in [0.25, 0.3) is 0 Å². The van der Waals surface area contributed by atoms with Gasteiger partial charge < -0.3 is 11.1 Å². The Morgan fingerprint density at radius 3 is 2.33 bits per heavy atom. The molecule has 1 rings (SSSR count). The summed E-state index contributed by atoms with van der Waals surface area (Å²) in [5.41, 5.74) is 5.59. The maximum atomic E-state index is 11.5. The lowest BCUT2D eigenvalue weighted by Crippen LogP contribution is -2.41. The van der Waals surface area contributed by atoms with Crippen LogP contribution >= 0.6 is 0 Å². The van der Waals surface area contributed by atoms with Crippen molar-refractivity contribution >= 4 is 5.91 Å². The zero-order valence-electron chi connectivity index (χ0n) is 10.1. The molecule has 3 unspecified atom stereocenters. The first-order chi connectivity index (χ1) is 6.97. The Morgan fingerprint density at radius 2 is 1.87 bits per heavy atom. The van der Waals surface area contributed by atoms with Gasteiger partial charge in [0.15, 0.2) is 0 Å². The molecular weight excluding hydrogens is 188 g/mol. The summed E-state index contributed by atoms with van der Waals surface area (Å²) in [6, 6.07) is 0.332. The van der Waals surface area contributed by atoms with Crippen LogP contribution in [0.4, 0.5) is 0 Å². The van der Waals surface area contributed by atoms with Crippen LogP contribution < -0.4 is 11.1 Å². The third kappa shape index (κ3) is 4.65. The quantitative estimate of drug-likeness (QED) is 0.747. The van der Waals surface area contributed by atoms with Gasteiger partial charge in [-0.25, -0.2) is 0 Å². The zero-order valence-corrected chi connectivity index (χ0v) is 10.1. The van der Waals surface area contributed by atoms with Gasteiger partial charge in [0.05, 0.1) is 0 Å². The van der Waals surface area contributed by atoms with E-state index >= 15 is 0 Å². The number of hydrogen-bond acceptors (Lipinski definition) is 2. The molecule has 0 saturated heterocycles. The van der Waals surface area contributed by atoms with E-state index in [1.807, 2.05) is 6.92 Å². The van der Waals surface area contributed by atoms with Gasteiger partial charge in [0.2, 0.25) is 5.91 Å². The molecule has 3 atom stereocenters. The fraction of sp³-hybridized carbons (Fsp3) is 0.917. The van der Waals surface area contributed by atoms with Crippen molar-refractivity contribution in [3.63, 3.8) is 0 Å². The molecule has 0 aromatic rings. The monoisotopic (exact) mass is 212 g/mol. The molecule has 0 spiro atoms. The van der Waals surface area contributed by atoms with Crippen molar-refractivity contribution in [1.82, 2.24) is 5.32 Å². The highest BCUT2D eigenvalue weighted by Crippen LogP contribution is 2.28. The SMILES string of the molecule is CC(N)CC(=O)NC1CC(C)CC(C)C1. The Bertz CT molecular complexity index is 206. The van der Waals surface area contributed by atoms with E-state index in [-0.39, 0.29) is 11.9 Å². The van der Waals surface area contributed by atoms with E-state index in [1.54, 1.807) is 0 Å². The molecule has 1 amide bonds. The summed E-state index contributed by atoms with van der Waals surface area (Å²) in [5, 5.41) is 3.09. The van der Waals surface area contributed by atoms with Crippen LogP contribution in [-0.4, -0.2) is 18.0 Å². The fourth-order valence-electron chi connectivity index (χ4n) is 2.64. The van der Waals surface area contributed by atoms with Crippen LogP contribution in [0.3, 0.4) is 0 Å². The van der Waals surface area contributed by atoms with Crippen molar-refractivity contribution in [2.24, 2.45) is 17.6 Å². The summed E-state index contributed by atoms with van der Waals surface area (Å²) in [7, 11) is 0. The van der Waals surface area contributed by atoms with Crippen LogP contribution in [0.1, 0.15) is 46.5 Å². The molecule has 3 nitrogen and oxygen atoms in total. The van der Waals surface area contributed by atoms with Gasteiger partial charge in [-0.05, 0) is 38.0 Å². The Kier molecular flexibility index (Phi) is 4.58. The van der Waals surface area contributed by atoms with Crippen molar-refractivity contribution in [3.8, 4) is 0 Å². The topological polar surface area (TPSA) is 55.1 Å². The smallest absolute Gasteiger partial charge is 0.221 e. The van der Waals surface area contributed by atoms with Crippen molar-refractivity contribution in [2.75, 3.05) is 0 Å². The Labute approximate surface area is 92.8 Å². The minimum atomic E-state index is -0.0385. The third-order valence-corrected chi connectivity index (χ3v) is 3.05. The molecule has 1 fully saturated rings. The zero-order chi connectivity index (χ0) is 11.4. The van der Waals surface area contributed by atoms with Crippen molar-refractivity contribution < 1.29 is 4.79 Å². The molecule has 1 saturated carbocycles. The number of rotatable bonds is 3. The van der Waals surface area contributed by atoms with Crippen molar-refractivity contribution in [3.05, 3.63) is 0 Å².